The summed E-state index contributed by atoms with van der Waals surface area (Å²) >= 11 is 3.37. The van der Waals surface area contributed by atoms with E-state index in [2.05, 4.69) is 15.9 Å². The molecule has 1 aliphatic heterocycles. The van der Waals surface area contributed by atoms with Crippen LogP contribution in [0.2, 0.25) is 0 Å². The number of hydrogen-bond donors (Lipinski definition) is 1. The molecule has 1 heterocycles. The molecule has 0 unspecified atom stereocenters. The van der Waals surface area contributed by atoms with Crippen molar-refractivity contribution in [2.75, 3.05) is 19.1 Å². The van der Waals surface area contributed by atoms with Crippen molar-refractivity contribution in [3.63, 3.8) is 0 Å². The Morgan fingerprint density at radius 3 is 2.43 bits per heavy atom. The average Bonchev–Trinajstić information content (AvgIpc) is 2.93. The molecular weight excluding hydrogens is 426 g/mol. The van der Waals surface area contributed by atoms with E-state index in [1.807, 2.05) is 12.1 Å². The van der Waals surface area contributed by atoms with E-state index in [9.17, 15) is 14.7 Å². The molecule has 3 rings (SSSR count). The number of allylic oxidation sites excluding steroid dienone is 1. The number of esters is 1. The number of nitrogens with zero attached hydrogens (tertiary/aromatic N) is 1. The zero-order valence-corrected chi connectivity index (χ0v) is 17.1. The molecule has 2 aromatic carbocycles. The molecule has 1 N–H and O–H groups in total. The number of aromatic hydroxyl groups is 1. The first-order valence-corrected chi connectivity index (χ1v) is 9.15. The van der Waals surface area contributed by atoms with Crippen molar-refractivity contribution >= 4 is 39.6 Å². The maximum Gasteiger partial charge on any atom is 0.340 e. The minimum absolute atomic E-state index is 0.116. The van der Waals surface area contributed by atoms with Crippen LogP contribution in [0.3, 0.4) is 0 Å². The topological polar surface area (TPSA) is 76.1 Å². The van der Waals surface area contributed by atoms with Gasteiger partial charge < -0.3 is 14.6 Å². The lowest BCUT2D eigenvalue weighted by Gasteiger charge is -2.18. The summed E-state index contributed by atoms with van der Waals surface area (Å²) in [6, 6.07) is 12.1. The summed E-state index contributed by atoms with van der Waals surface area (Å²) in [7, 11) is 2.70. The smallest absolute Gasteiger partial charge is 0.340 e. The van der Waals surface area contributed by atoms with Gasteiger partial charge in [-0.25, -0.2) is 4.79 Å². The van der Waals surface area contributed by atoms with Crippen LogP contribution in [0.5, 0.6) is 11.5 Å². The number of phenolic OH excluding ortho intramolecular Hbond substituents is 1. The van der Waals surface area contributed by atoms with Crippen molar-refractivity contribution in [2.24, 2.45) is 0 Å². The predicted octanol–water partition coefficient (Wildman–Crippen LogP) is 4.04. The molecule has 0 aliphatic carbocycles. The number of para-hydroxylation sites is 1. The summed E-state index contributed by atoms with van der Waals surface area (Å²) in [5, 5.41) is 10.4. The predicted molar refractivity (Wildman–Crippen MR) is 109 cm³/mol. The SMILES string of the molecule is COC(=O)C1=C(C)N(c2ccc(Br)cc2)C(=O)/C1=C\c1cccc(OC)c1O. The Kier molecular flexibility index (Phi) is 5.56. The fourth-order valence-corrected chi connectivity index (χ4v) is 3.32. The monoisotopic (exact) mass is 443 g/mol. The van der Waals surface area contributed by atoms with Gasteiger partial charge in [-0.3, -0.25) is 9.69 Å². The van der Waals surface area contributed by atoms with Gasteiger partial charge in [0.05, 0.1) is 25.4 Å². The third-order valence-corrected chi connectivity index (χ3v) is 4.95. The molecule has 1 aliphatic rings. The molecule has 0 aromatic heterocycles. The van der Waals surface area contributed by atoms with Gasteiger partial charge >= 0.3 is 5.97 Å². The summed E-state index contributed by atoms with van der Waals surface area (Å²) < 4.78 is 10.9. The third kappa shape index (κ3) is 3.41. The van der Waals surface area contributed by atoms with Gasteiger partial charge in [-0.15, -0.1) is 0 Å². The number of halogens is 1. The van der Waals surface area contributed by atoms with Gasteiger partial charge in [-0.1, -0.05) is 28.1 Å². The van der Waals surface area contributed by atoms with E-state index in [4.69, 9.17) is 9.47 Å². The molecule has 0 fully saturated rings. The van der Waals surface area contributed by atoms with Crippen LogP contribution in [0, 0.1) is 0 Å². The zero-order chi connectivity index (χ0) is 20.4. The number of ether oxygens (including phenoxy) is 2. The zero-order valence-electron chi connectivity index (χ0n) is 15.5. The first kappa shape index (κ1) is 19.7. The molecule has 0 saturated carbocycles. The van der Waals surface area contributed by atoms with Crippen LogP contribution in [0.25, 0.3) is 6.08 Å². The molecule has 144 valence electrons. The molecule has 2 aromatic rings. The highest BCUT2D eigenvalue weighted by molar-refractivity contribution is 9.10. The number of benzene rings is 2. The number of hydrogen-bond acceptors (Lipinski definition) is 5. The summed E-state index contributed by atoms with van der Waals surface area (Å²) in [6.45, 7) is 1.68. The molecule has 6 nitrogen and oxygen atoms in total. The van der Waals surface area contributed by atoms with Crippen LogP contribution in [0.15, 0.2) is 63.8 Å². The highest BCUT2D eigenvalue weighted by Gasteiger charge is 2.38. The van der Waals surface area contributed by atoms with E-state index >= 15 is 0 Å². The minimum Gasteiger partial charge on any atom is -0.504 e. The van der Waals surface area contributed by atoms with E-state index in [1.54, 1.807) is 37.3 Å². The molecule has 0 saturated heterocycles. The first-order valence-electron chi connectivity index (χ1n) is 8.36. The second-order valence-corrected chi connectivity index (χ2v) is 6.94. The van der Waals surface area contributed by atoms with Crippen molar-refractivity contribution in [1.82, 2.24) is 0 Å². The van der Waals surface area contributed by atoms with Crippen LogP contribution < -0.4 is 9.64 Å². The molecule has 0 bridgehead atoms. The van der Waals surface area contributed by atoms with Gasteiger partial charge in [0.25, 0.3) is 5.91 Å². The normalized spacial score (nSPS) is 15.4. The fourth-order valence-electron chi connectivity index (χ4n) is 3.06. The Hall–Kier alpha value is -3.06. The molecular formula is C21H18BrNO5. The van der Waals surface area contributed by atoms with E-state index in [-0.39, 0.29) is 28.6 Å². The van der Waals surface area contributed by atoms with Gasteiger partial charge in [0.1, 0.15) is 0 Å². The van der Waals surface area contributed by atoms with Crippen molar-refractivity contribution < 1.29 is 24.2 Å². The maximum absolute atomic E-state index is 13.2. The summed E-state index contributed by atoms with van der Waals surface area (Å²) in [6.07, 6.45) is 1.47. The number of methoxy groups -OCH3 is 2. The van der Waals surface area contributed by atoms with E-state index in [1.165, 1.54) is 25.2 Å². The average molecular weight is 444 g/mol. The number of amides is 1. The van der Waals surface area contributed by atoms with Gasteiger partial charge in [-0.05, 0) is 43.3 Å². The lowest BCUT2D eigenvalue weighted by atomic mass is 10.0. The van der Waals surface area contributed by atoms with Gasteiger partial charge in [0.15, 0.2) is 11.5 Å². The number of phenols is 1. The number of rotatable bonds is 4. The molecule has 7 heteroatoms. The summed E-state index contributed by atoms with van der Waals surface area (Å²) in [5.74, 6) is -0.860. The number of anilines is 1. The van der Waals surface area contributed by atoms with Gasteiger partial charge in [0, 0.05) is 21.4 Å². The Bertz CT molecular complexity index is 1010. The third-order valence-electron chi connectivity index (χ3n) is 4.42. The Balaban J connectivity index is 2.16. The van der Waals surface area contributed by atoms with Crippen LogP contribution >= 0.6 is 15.9 Å². The Labute approximate surface area is 170 Å². The second kappa shape index (κ2) is 7.90. The minimum atomic E-state index is -0.626. The lowest BCUT2D eigenvalue weighted by molar-refractivity contribution is -0.136. The quantitative estimate of drug-likeness (QED) is 0.569. The lowest BCUT2D eigenvalue weighted by Crippen LogP contribution is -2.24. The molecule has 1 amide bonds. The maximum atomic E-state index is 13.2. The van der Waals surface area contributed by atoms with Gasteiger partial charge in [0.2, 0.25) is 0 Å². The highest BCUT2D eigenvalue weighted by atomic mass is 79.9. The summed E-state index contributed by atoms with van der Waals surface area (Å²) in [4.78, 5) is 27.0. The van der Waals surface area contributed by atoms with Gasteiger partial charge in [-0.2, -0.15) is 0 Å². The van der Waals surface area contributed by atoms with Crippen molar-refractivity contribution in [1.29, 1.82) is 0 Å². The molecule has 28 heavy (non-hydrogen) atoms. The van der Waals surface area contributed by atoms with Crippen molar-refractivity contribution in [2.45, 2.75) is 6.92 Å². The number of carbonyl (C=O) groups excluding carboxylic acids is 2. The van der Waals surface area contributed by atoms with Crippen LogP contribution in [0.1, 0.15) is 12.5 Å². The summed E-state index contributed by atoms with van der Waals surface area (Å²) in [5.41, 5.74) is 1.71. The standard InChI is InChI=1S/C21H18BrNO5/c1-12-18(21(26)28-3)16(11-13-5-4-6-17(27-2)19(13)24)20(25)23(12)15-9-7-14(22)8-10-15/h4-11,24H,1-3H3/b16-11-. The van der Waals surface area contributed by atoms with Crippen molar-refractivity contribution in [3.05, 3.63) is 69.3 Å². The number of carbonyl (C=O) groups is 2. The van der Waals surface area contributed by atoms with Crippen LogP contribution in [-0.2, 0) is 14.3 Å². The van der Waals surface area contributed by atoms with Crippen LogP contribution in [-0.4, -0.2) is 31.2 Å². The molecule has 0 radical (unpaired) electrons. The second-order valence-electron chi connectivity index (χ2n) is 6.03. The van der Waals surface area contributed by atoms with E-state index in [0.717, 1.165) is 4.47 Å². The first-order chi connectivity index (χ1) is 13.4. The van der Waals surface area contributed by atoms with E-state index in [0.29, 0.717) is 16.9 Å². The Morgan fingerprint density at radius 1 is 1.14 bits per heavy atom. The largest absolute Gasteiger partial charge is 0.504 e. The van der Waals surface area contributed by atoms with Crippen molar-refractivity contribution in [3.8, 4) is 11.5 Å². The molecule has 0 spiro atoms. The molecule has 0 atom stereocenters. The fraction of sp³-hybridized carbons (Fsp3) is 0.143. The van der Waals surface area contributed by atoms with E-state index < -0.39 is 5.97 Å². The Morgan fingerprint density at radius 2 is 1.82 bits per heavy atom. The van der Waals surface area contributed by atoms with Crippen LogP contribution in [0.4, 0.5) is 5.69 Å². The highest BCUT2D eigenvalue weighted by Crippen LogP contribution is 2.38.